The summed E-state index contributed by atoms with van der Waals surface area (Å²) in [6, 6.07) is 3.97. The molecule has 0 radical (unpaired) electrons. The molecule has 1 fully saturated rings. The normalized spacial score (nSPS) is 34.0. The van der Waals surface area contributed by atoms with Gasteiger partial charge in [-0.1, -0.05) is 6.07 Å². The smallest absolute Gasteiger partial charge is 0.174 e. The van der Waals surface area contributed by atoms with Gasteiger partial charge in [-0.2, -0.15) is 0 Å². The lowest BCUT2D eigenvalue weighted by atomic mass is 9.52. The summed E-state index contributed by atoms with van der Waals surface area (Å²) in [6.07, 6.45) is 2.49. The maximum Gasteiger partial charge on any atom is 0.174 e. The van der Waals surface area contributed by atoms with Crippen LogP contribution >= 0.6 is 0 Å². The van der Waals surface area contributed by atoms with E-state index in [-0.39, 0.29) is 5.78 Å². The molecular weight excluding hydrogens is 294 g/mol. The monoisotopic (exact) mass is 317 g/mol. The van der Waals surface area contributed by atoms with E-state index in [4.69, 9.17) is 9.47 Å². The Hall–Kier alpha value is -1.59. The topological polar surface area (TPSA) is 67.8 Å². The maximum atomic E-state index is 12.6. The average molecular weight is 317 g/mol. The zero-order chi connectivity index (χ0) is 16.2. The van der Waals surface area contributed by atoms with Crippen LogP contribution in [0.2, 0.25) is 0 Å². The second kappa shape index (κ2) is 4.95. The predicted octanol–water partition coefficient (Wildman–Crippen LogP) is 1.34. The van der Waals surface area contributed by atoms with Crippen LogP contribution in [0.4, 0.5) is 0 Å². The number of aryl methyl sites for hydroxylation is 1. The Kier molecular flexibility index (Phi) is 3.22. The number of aliphatic hydroxyl groups is 1. The molecule has 5 nitrogen and oxygen atoms in total. The van der Waals surface area contributed by atoms with Crippen LogP contribution in [-0.2, 0) is 16.6 Å². The summed E-state index contributed by atoms with van der Waals surface area (Å²) in [5.74, 6) is 1.41. The Morgan fingerprint density at radius 1 is 1.39 bits per heavy atom. The van der Waals surface area contributed by atoms with Crippen molar-refractivity contribution in [1.82, 2.24) is 5.32 Å². The summed E-state index contributed by atoms with van der Waals surface area (Å²) in [7, 11) is 3.50. The number of methoxy groups -OCH3 is 1. The summed E-state index contributed by atoms with van der Waals surface area (Å²) in [4.78, 5) is 12.6. The Labute approximate surface area is 136 Å². The van der Waals surface area contributed by atoms with Crippen LogP contribution in [0.15, 0.2) is 12.1 Å². The first kappa shape index (κ1) is 15.0. The van der Waals surface area contributed by atoms with Crippen LogP contribution in [0.3, 0.4) is 0 Å². The van der Waals surface area contributed by atoms with Gasteiger partial charge in [0.2, 0.25) is 0 Å². The first-order valence-corrected chi connectivity index (χ1v) is 8.34. The number of ketones is 1. The third-order valence-electron chi connectivity index (χ3n) is 6.04. The summed E-state index contributed by atoms with van der Waals surface area (Å²) >= 11 is 0. The van der Waals surface area contributed by atoms with Gasteiger partial charge in [-0.25, -0.2) is 0 Å². The van der Waals surface area contributed by atoms with Crippen molar-refractivity contribution in [3.05, 3.63) is 23.3 Å². The van der Waals surface area contributed by atoms with E-state index in [2.05, 4.69) is 11.4 Å². The van der Waals surface area contributed by atoms with Gasteiger partial charge in [0.25, 0.3) is 0 Å². The molecule has 3 aliphatic rings. The molecule has 23 heavy (non-hydrogen) atoms. The van der Waals surface area contributed by atoms with Crippen LogP contribution in [0.25, 0.3) is 0 Å². The zero-order valence-electron chi connectivity index (χ0n) is 13.6. The van der Waals surface area contributed by atoms with Crippen molar-refractivity contribution in [3.63, 3.8) is 0 Å². The highest BCUT2D eigenvalue weighted by Crippen LogP contribution is 2.62. The molecule has 2 aliphatic carbocycles. The van der Waals surface area contributed by atoms with Gasteiger partial charge in [-0.05, 0) is 50.9 Å². The molecule has 0 bridgehead atoms. The zero-order valence-corrected chi connectivity index (χ0v) is 13.6. The molecule has 4 rings (SSSR count). The van der Waals surface area contributed by atoms with Crippen LogP contribution in [0.1, 0.15) is 36.8 Å². The lowest BCUT2D eigenvalue weighted by Gasteiger charge is -2.53. The summed E-state index contributed by atoms with van der Waals surface area (Å²) in [5.41, 5.74) is 0.660. The first-order valence-electron chi connectivity index (χ1n) is 8.34. The number of nitrogens with one attached hydrogen (secondary N) is 1. The van der Waals surface area contributed by atoms with Crippen molar-refractivity contribution in [3.8, 4) is 11.5 Å². The molecule has 5 heteroatoms. The molecule has 1 saturated carbocycles. The van der Waals surface area contributed by atoms with Crippen molar-refractivity contribution < 1.29 is 19.4 Å². The molecule has 124 valence electrons. The summed E-state index contributed by atoms with van der Waals surface area (Å²) in [5, 5.41) is 14.7. The third kappa shape index (κ3) is 1.72. The maximum absolute atomic E-state index is 12.6. The first-order chi connectivity index (χ1) is 11.1. The van der Waals surface area contributed by atoms with E-state index in [9.17, 15) is 9.90 Å². The Bertz CT molecular complexity index is 673. The highest BCUT2D eigenvalue weighted by atomic mass is 16.5. The van der Waals surface area contributed by atoms with Crippen molar-refractivity contribution >= 4 is 5.78 Å². The highest BCUT2D eigenvalue weighted by molar-refractivity contribution is 5.89. The standard InChI is InChI=1S/C18H23NO4/c1-19-10-9-18-14-11-3-4-13(22-2)15(14)23-16(18)12(20)6-8-17(18,21)7-5-11/h3-4,16,19,21H,5-10H2,1-2H3. The van der Waals surface area contributed by atoms with Crippen molar-refractivity contribution in [1.29, 1.82) is 0 Å². The van der Waals surface area contributed by atoms with Gasteiger partial charge in [-0.3, -0.25) is 4.79 Å². The Morgan fingerprint density at radius 2 is 2.17 bits per heavy atom. The molecule has 1 heterocycles. The molecule has 3 atom stereocenters. The number of benzene rings is 1. The minimum atomic E-state index is -0.882. The van der Waals surface area contributed by atoms with Crippen LogP contribution in [0, 0.1) is 0 Å². The van der Waals surface area contributed by atoms with E-state index in [1.807, 2.05) is 13.1 Å². The average Bonchev–Trinajstić information content (AvgIpc) is 2.92. The quantitative estimate of drug-likeness (QED) is 0.877. The molecule has 1 aliphatic heterocycles. The predicted molar refractivity (Wildman–Crippen MR) is 85.1 cm³/mol. The minimum Gasteiger partial charge on any atom is -0.493 e. The fourth-order valence-corrected chi connectivity index (χ4v) is 4.93. The molecule has 0 spiro atoms. The van der Waals surface area contributed by atoms with Gasteiger partial charge in [0, 0.05) is 12.0 Å². The minimum absolute atomic E-state index is 0.0943. The Balaban J connectivity index is 1.99. The molecular formula is C18H23NO4. The number of rotatable bonds is 4. The van der Waals surface area contributed by atoms with Gasteiger partial charge >= 0.3 is 0 Å². The molecule has 0 saturated heterocycles. The number of carbonyl (C=O) groups excluding carboxylic acids is 1. The second-order valence-corrected chi connectivity index (χ2v) is 6.95. The van der Waals surface area contributed by atoms with Crippen LogP contribution < -0.4 is 14.8 Å². The largest absolute Gasteiger partial charge is 0.493 e. The van der Waals surface area contributed by atoms with Crippen molar-refractivity contribution in [2.45, 2.75) is 49.2 Å². The van der Waals surface area contributed by atoms with E-state index in [0.29, 0.717) is 37.2 Å². The number of ether oxygens (including phenoxy) is 2. The summed E-state index contributed by atoms with van der Waals surface area (Å²) < 4.78 is 11.6. The number of hydrogen-bond donors (Lipinski definition) is 2. The van der Waals surface area contributed by atoms with Crippen LogP contribution in [0.5, 0.6) is 11.5 Å². The fourth-order valence-electron chi connectivity index (χ4n) is 4.93. The fraction of sp³-hybridized carbons (Fsp3) is 0.611. The number of carbonyl (C=O) groups is 1. The van der Waals surface area contributed by atoms with E-state index < -0.39 is 17.1 Å². The second-order valence-electron chi connectivity index (χ2n) is 6.95. The van der Waals surface area contributed by atoms with Gasteiger partial charge in [0.05, 0.1) is 18.1 Å². The van der Waals surface area contributed by atoms with Gasteiger partial charge < -0.3 is 19.9 Å². The number of Topliss-reactive ketones (excluding diaryl/α,β-unsaturated/α-hetero) is 1. The lowest BCUT2D eigenvalue weighted by Crippen LogP contribution is -2.65. The van der Waals surface area contributed by atoms with Gasteiger partial charge in [0.15, 0.2) is 23.4 Å². The van der Waals surface area contributed by atoms with E-state index in [0.717, 1.165) is 18.5 Å². The number of hydrogen-bond acceptors (Lipinski definition) is 5. The molecule has 2 N–H and O–H groups in total. The van der Waals surface area contributed by atoms with E-state index >= 15 is 0 Å². The van der Waals surface area contributed by atoms with E-state index in [1.165, 1.54) is 5.56 Å². The Morgan fingerprint density at radius 3 is 2.91 bits per heavy atom. The molecule has 1 aromatic rings. The third-order valence-corrected chi connectivity index (χ3v) is 6.04. The lowest BCUT2D eigenvalue weighted by molar-refractivity contribution is -0.153. The van der Waals surface area contributed by atoms with Crippen molar-refractivity contribution in [2.75, 3.05) is 20.7 Å². The molecule has 3 unspecified atom stereocenters. The van der Waals surface area contributed by atoms with Gasteiger partial charge in [-0.15, -0.1) is 0 Å². The van der Waals surface area contributed by atoms with Gasteiger partial charge in [0.1, 0.15) is 0 Å². The van der Waals surface area contributed by atoms with E-state index in [1.54, 1.807) is 7.11 Å². The molecule has 0 amide bonds. The highest BCUT2D eigenvalue weighted by Gasteiger charge is 2.67. The molecule has 1 aromatic carbocycles. The molecule has 0 aromatic heterocycles. The summed E-state index contributed by atoms with van der Waals surface area (Å²) in [6.45, 7) is 0.728. The van der Waals surface area contributed by atoms with Crippen LogP contribution in [-0.4, -0.2) is 43.3 Å². The van der Waals surface area contributed by atoms with Crippen molar-refractivity contribution in [2.24, 2.45) is 0 Å². The SMILES string of the molecule is CNCCC12c3c4ccc(OC)c3OC1C(=O)CCC2(O)CC4.